The monoisotopic (exact) mass is 405 g/mol. The Kier molecular flexibility index (Phi) is 4.56. The van der Waals surface area contributed by atoms with Crippen LogP contribution in [0, 0.1) is 12.7 Å². The predicted molar refractivity (Wildman–Crippen MR) is 95.2 cm³/mol. The van der Waals surface area contributed by atoms with Crippen molar-refractivity contribution < 1.29 is 22.4 Å². The van der Waals surface area contributed by atoms with Gasteiger partial charge in [-0.3, -0.25) is 4.79 Å². The van der Waals surface area contributed by atoms with Gasteiger partial charge in [0.05, 0.1) is 17.6 Å². The molecule has 0 unspecified atom stereocenters. The van der Waals surface area contributed by atoms with Crippen LogP contribution in [0.5, 0.6) is 0 Å². The van der Waals surface area contributed by atoms with Crippen LogP contribution < -0.4 is 5.32 Å². The van der Waals surface area contributed by atoms with E-state index in [1.54, 1.807) is 6.92 Å². The number of halogens is 4. The topological polar surface area (TPSA) is 72.7 Å². The van der Waals surface area contributed by atoms with Gasteiger partial charge in [0.2, 0.25) is 0 Å². The highest BCUT2D eigenvalue weighted by Crippen LogP contribution is 2.43. The minimum Gasteiger partial charge on any atom is -0.319 e. The van der Waals surface area contributed by atoms with Crippen LogP contribution in [0.4, 0.5) is 23.2 Å². The average Bonchev–Trinajstić information content (AvgIpc) is 3.41. The molecule has 1 aliphatic carbocycles. The van der Waals surface area contributed by atoms with Crippen molar-refractivity contribution in [2.75, 3.05) is 5.32 Å². The Morgan fingerprint density at radius 3 is 2.62 bits per heavy atom. The first-order chi connectivity index (χ1) is 13.7. The van der Waals surface area contributed by atoms with Crippen LogP contribution in [-0.2, 0) is 6.18 Å². The Morgan fingerprint density at radius 1 is 1.24 bits per heavy atom. The normalized spacial score (nSPS) is 14.1. The molecule has 0 atom stereocenters. The Hall–Kier alpha value is -3.30. The summed E-state index contributed by atoms with van der Waals surface area (Å²) in [5.41, 5.74) is 0.0187. The van der Waals surface area contributed by atoms with Gasteiger partial charge in [-0.2, -0.15) is 18.3 Å². The smallest absolute Gasteiger partial charge is 0.319 e. The van der Waals surface area contributed by atoms with Crippen molar-refractivity contribution in [3.05, 3.63) is 65.3 Å². The molecule has 3 aromatic rings. The zero-order valence-corrected chi connectivity index (χ0v) is 15.2. The molecule has 1 amide bonds. The van der Waals surface area contributed by atoms with Gasteiger partial charge >= 0.3 is 6.18 Å². The molecule has 1 N–H and O–H groups in total. The lowest BCUT2D eigenvalue weighted by Gasteiger charge is -2.10. The van der Waals surface area contributed by atoms with Crippen molar-refractivity contribution in [3.8, 4) is 5.69 Å². The average molecular weight is 405 g/mol. The fourth-order valence-corrected chi connectivity index (χ4v) is 2.92. The summed E-state index contributed by atoms with van der Waals surface area (Å²) in [6, 6.07) is 4.50. The fraction of sp³-hybridized carbons (Fsp3) is 0.263. The van der Waals surface area contributed by atoms with Gasteiger partial charge in [0.25, 0.3) is 5.91 Å². The minimum atomic E-state index is -4.62. The molecule has 0 aliphatic heterocycles. The number of nitrogens with zero attached hydrogens (tertiary/aromatic N) is 4. The second-order valence-electron chi connectivity index (χ2n) is 6.78. The molecule has 1 aromatic carbocycles. The van der Waals surface area contributed by atoms with E-state index in [4.69, 9.17) is 0 Å². The summed E-state index contributed by atoms with van der Waals surface area (Å²) in [4.78, 5) is 20.1. The van der Waals surface area contributed by atoms with E-state index in [1.165, 1.54) is 24.7 Å². The number of aromatic nitrogens is 4. The van der Waals surface area contributed by atoms with E-state index in [0.717, 1.165) is 29.7 Å². The number of carbonyl (C=O) groups excluding carboxylic acids is 1. The molecule has 10 heteroatoms. The van der Waals surface area contributed by atoms with Gasteiger partial charge in [0.1, 0.15) is 17.8 Å². The van der Waals surface area contributed by atoms with Crippen molar-refractivity contribution in [2.45, 2.75) is 31.9 Å². The number of benzene rings is 1. The molecule has 2 heterocycles. The summed E-state index contributed by atoms with van der Waals surface area (Å²) in [5, 5.41) is 6.14. The highest BCUT2D eigenvalue weighted by atomic mass is 19.4. The molecule has 6 nitrogen and oxygen atoms in total. The van der Waals surface area contributed by atoms with E-state index in [9.17, 15) is 22.4 Å². The first kappa shape index (κ1) is 19.0. The van der Waals surface area contributed by atoms with E-state index in [-0.39, 0.29) is 17.2 Å². The summed E-state index contributed by atoms with van der Waals surface area (Å²) in [6.07, 6.45) is -0.431. The summed E-state index contributed by atoms with van der Waals surface area (Å²) in [5.74, 6) is -1.52. The van der Waals surface area contributed by atoms with Crippen molar-refractivity contribution in [1.29, 1.82) is 0 Å². The molecular weight excluding hydrogens is 390 g/mol. The SMILES string of the molecule is Cc1ncncc1NC(=O)c1ccc(-n2nc(C(F)(F)F)cc2C2CC2)c(F)c1. The number of rotatable bonds is 4. The van der Waals surface area contributed by atoms with Gasteiger partial charge in [-0.05, 0) is 44.0 Å². The van der Waals surface area contributed by atoms with Gasteiger partial charge in [0, 0.05) is 17.2 Å². The van der Waals surface area contributed by atoms with Crippen LogP contribution in [-0.4, -0.2) is 25.7 Å². The molecule has 1 saturated carbocycles. The number of amides is 1. The maximum absolute atomic E-state index is 14.7. The Bertz CT molecular complexity index is 1090. The quantitative estimate of drug-likeness (QED) is 0.659. The van der Waals surface area contributed by atoms with Gasteiger partial charge in [-0.25, -0.2) is 19.0 Å². The van der Waals surface area contributed by atoms with Gasteiger partial charge in [0.15, 0.2) is 5.69 Å². The third-order valence-corrected chi connectivity index (χ3v) is 4.62. The van der Waals surface area contributed by atoms with E-state index < -0.39 is 23.6 Å². The molecule has 0 radical (unpaired) electrons. The maximum Gasteiger partial charge on any atom is 0.435 e. The Labute approximate surface area is 162 Å². The molecule has 29 heavy (non-hydrogen) atoms. The summed E-state index contributed by atoms with van der Waals surface area (Å²) in [7, 11) is 0. The van der Waals surface area contributed by atoms with Crippen LogP contribution >= 0.6 is 0 Å². The van der Waals surface area contributed by atoms with Gasteiger partial charge in [-0.15, -0.1) is 0 Å². The maximum atomic E-state index is 14.7. The van der Waals surface area contributed by atoms with Crippen molar-refractivity contribution in [2.24, 2.45) is 0 Å². The second-order valence-corrected chi connectivity index (χ2v) is 6.78. The number of aryl methyl sites for hydroxylation is 1. The second kappa shape index (κ2) is 6.94. The molecular formula is C19H15F4N5O. The molecule has 0 saturated heterocycles. The van der Waals surface area contributed by atoms with Gasteiger partial charge < -0.3 is 5.32 Å². The van der Waals surface area contributed by atoms with Crippen LogP contribution in [0.3, 0.4) is 0 Å². The molecule has 1 aliphatic rings. The van der Waals surface area contributed by atoms with E-state index >= 15 is 0 Å². The Morgan fingerprint density at radius 2 is 2.00 bits per heavy atom. The van der Waals surface area contributed by atoms with Crippen molar-refractivity contribution in [1.82, 2.24) is 19.7 Å². The lowest BCUT2D eigenvalue weighted by molar-refractivity contribution is -0.141. The predicted octanol–water partition coefficient (Wildman–Crippen LogP) is 4.26. The minimum absolute atomic E-state index is 0.00526. The zero-order valence-electron chi connectivity index (χ0n) is 15.2. The number of nitrogens with one attached hydrogen (secondary N) is 1. The van der Waals surface area contributed by atoms with Crippen LogP contribution in [0.2, 0.25) is 0 Å². The number of anilines is 1. The number of alkyl halides is 3. The zero-order chi connectivity index (χ0) is 20.8. The first-order valence-corrected chi connectivity index (χ1v) is 8.79. The number of carbonyl (C=O) groups is 1. The van der Waals surface area contributed by atoms with E-state index in [0.29, 0.717) is 17.1 Å². The van der Waals surface area contributed by atoms with E-state index in [1.807, 2.05) is 0 Å². The molecule has 1 fully saturated rings. The molecule has 0 spiro atoms. The molecule has 150 valence electrons. The summed E-state index contributed by atoms with van der Waals surface area (Å²) < 4.78 is 54.9. The molecule has 0 bridgehead atoms. The highest BCUT2D eigenvalue weighted by Gasteiger charge is 2.38. The first-order valence-electron chi connectivity index (χ1n) is 8.79. The lowest BCUT2D eigenvalue weighted by Crippen LogP contribution is -2.14. The molecule has 2 aromatic heterocycles. The summed E-state index contributed by atoms with van der Waals surface area (Å²) in [6.45, 7) is 1.68. The largest absolute Gasteiger partial charge is 0.435 e. The van der Waals surface area contributed by atoms with Gasteiger partial charge in [-0.1, -0.05) is 0 Å². The number of hydrogen-bond acceptors (Lipinski definition) is 4. The Balaban J connectivity index is 1.65. The van der Waals surface area contributed by atoms with Crippen molar-refractivity contribution in [3.63, 3.8) is 0 Å². The number of hydrogen-bond donors (Lipinski definition) is 1. The van der Waals surface area contributed by atoms with Crippen LogP contribution in [0.25, 0.3) is 5.69 Å². The van der Waals surface area contributed by atoms with Crippen LogP contribution in [0.15, 0.2) is 36.8 Å². The van der Waals surface area contributed by atoms with Crippen LogP contribution in [0.1, 0.15) is 46.2 Å². The standard InChI is InChI=1S/C19H15F4N5O/c1-10-14(8-24-9-25-10)26-18(29)12-4-5-15(13(20)6-12)28-16(11-2-3-11)7-17(27-28)19(21,22)23/h4-9,11H,2-3H2,1H3,(H,26,29). The summed E-state index contributed by atoms with van der Waals surface area (Å²) >= 11 is 0. The van der Waals surface area contributed by atoms with E-state index in [2.05, 4.69) is 20.4 Å². The lowest BCUT2D eigenvalue weighted by atomic mass is 10.1. The third kappa shape index (κ3) is 3.82. The van der Waals surface area contributed by atoms with Crippen molar-refractivity contribution >= 4 is 11.6 Å². The third-order valence-electron chi connectivity index (χ3n) is 4.62. The fourth-order valence-electron chi connectivity index (χ4n) is 2.92. The molecule has 4 rings (SSSR count). The highest BCUT2D eigenvalue weighted by molar-refractivity contribution is 6.04.